The zero-order chi connectivity index (χ0) is 27.1. The molecule has 1 aromatic heterocycles. The van der Waals surface area contributed by atoms with Crippen molar-refractivity contribution in [1.82, 2.24) is 10.3 Å². The Balaban J connectivity index is 1.56. The largest absolute Gasteiger partial charge is 0.348 e. The van der Waals surface area contributed by atoms with E-state index in [1.165, 1.54) is 24.3 Å². The van der Waals surface area contributed by atoms with Gasteiger partial charge < -0.3 is 10.6 Å². The van der Waals surface area contributed by atoms with Gasteiger partial charge in [-0.15, -0.1) is 0 Å². The van der Waals surface area contributed by atoms with Gasteiger partial charge in [-0.1, -0.05) is 35.9 Å². The van der Waals surface area contributed by atoms with E-state index in [0.29, 0.717) is 0 Å². The van der Waals surface area contributed by atoms with Gasteiger partial charge in [0.15, 0.2) is 0 Å². The molecule has 4 aromatic rings. The molecule has 0 aliphatic carbocycles. The summed E-state index contributed by atoms with van der Waals surface area (Å²) in [5, 5.41) is 5.42. The number of pyridine rings is 1. The average molecular weight is 533 g/mol. The maximum absolute atomic E-state index is 13.6. The molecule has 0 aliphatic heterocycles. The second-order valence-electron chi connectivity index (χ2n) is 8.44. The van der Waals surface area contributed by atoms with Gasteiger partial charge in [0.1, 0.15) is 12.4 Å². The molecule has 0 saturated heterocycles. The van der Waals surface area contributed by atoms with Crippen molar-refractivity contribution in [2.24, 2.45) is 0 Å². The zero-order valence-corrected chi connectivity index (χ0v) is 21.3. The number of para-hydroxylation sites is 1. The van der Waals surface area contributed by atoms with E-state index in [0.717, 1.165) is 27.6 Å². The Morgan fingerprint density at radius 1 is 0.921 bits per heavy atom. The topological polar surface area (TPSA) is 108 Å². The Morgan fingerprint density at radius 2 is 1.63 bits per heavy atom. The molecule has 2 N–H and O–H groups in total. The molecular formula is C28H25FN4O4S. The van der Waals surface area contributed by atoms with E-state index in [-0.39, 0.29) is 28.4 Å². The Kier molecular flexibility index (Phi) is 8.12. The number of nitrogens with zero attached hydrogens (tertiary/aromatic N) is 2. The first-order chi connectivity index (χ1) is 18.2. The number of aromatic nitrogens is 1. The molecule has 0 bridgehead atoms. The van der Waals surface area contributed by atoms with Crippen molar-refractivity contribution >= 4 is 33.2 Å². The first kappa shape index (κ1) is 26.5. The van der Waals surface area contributed by atoms with Gasteiger partial charge in [-0.2, -0.15) is 0 Å². The van der Waals surface area contributed by atoms with E-state index in [4.69, 9.17) is 0 Å². The number of hydrogen-bond donors (Lipinski definition) is 2. The fraction of sp³-hybridized carbons (Fsp3) is 0.107. The van der Waals surface area contributed by atoms with Crippen LogP contribution < -0.4 is 14.9 Å². The molecule has 38 heavy (non-hydrogen) atoms. The quantitative estimate of drug-likeness (QED) is 0.334. The summed E-state index contributed by atoms with van der Waals surface area (Å²) in [6.07, 6.45) is 3.26. The van der Waals surface area contributed by atoms with Crippen LogP contribution in [0.15, 0.2) is 102 Å². The maximum Gasteiger partial charge on any atom is 0.264 e. The summed E-state index contributed by atoms with van der Waals surface area (Å²) in [6, 6.07) is 21.0. The van der Waals surface area contributed by atoms with Crippen molar-refractivity contribution in [2.75, 3.05) is 16.2 Å². The van der Waals surface area contributed by atoms with Gasteiger partial charge in [-0.3, -0.25) is 18.9 Å². The van der Waals surface area contributed by atoms with Crippen LogP contribution in [0.3, 0.4) is 0 Å². The van der Waals surface area contributed by atoms with Crippen molar-refractivity contribution in [2.45, 2.75) is 18.4 Å². The summed E-state index contributed by atoms with van der Waals surface area (Å²) >= 11 is 0. The van der Waals surface area contributed by atoms with Crippen LogP contribution in [0.5, 0.6) is 0 Å². The van der Waals surface area contributed by atoms with Gasteiger partial charge in [-0.05, 0) is 67.1 Å². The third-order valence-corrected chi connectivity index (χ3v) is 7.42. The SMILES string of the molecule is Cc1ccc(S(=O)(=O)N(CC(=O)Nc2ccccc2C(=O)NCc2cccnc2)c2ccc(F)cc2)cc1. The van der Waals surface area contributed by atoms with Gasteiger partial charge in [0.2, 0.25) is 5.91 Å². The van der Waals surface area contributed by atoms with Crippen molar-refractivity contribution in [3.05, 3.63) is 120 Å². The molecule has 0 spiro atoms. The van der Waals surface area contributed by atoms with Gasteiger partial charge >= 0.3 is 0 Å². The summed E-state index contributed by atoms with van der Waals surface area (Å²) in [6.45, 7) is 1.46. The monoisotopic (exact) mass is 532 g/mol. The predicted octanol–water partition coefficient (Wildman–Crippen LogP) is 4.29. The molecule has 10 heteroatoms. The molecule has 0 unspecified atom stereocenters. The van der Waals surface area contributed by atoms with E-state index in [1.54, 1.807) is 54.9 Å². The molecule has 4 rings (SSSR count). The van der Waals surface area contributed by atoms with Crippen molar-refractivity contribution in [3.8, 4) is 0 Å². The highest BCUT2D eigenvalue weighted by Crippen LogP contribution is 2.25. The van der Waals surface area contributed by atoms with Crippen LogP contribution in [0.2, 0.25) is 0 Å². The highest BCUT2D eigenvalue weighted by Gasteiger charge is 2.27. The lowest BCUT2D eigenvalue weighted by molar-refractivity contribution is -0.114. The fourth-order valence-corrected chi connectivity index (χ4v) is 5.07. The number of sulfonamides is 1. The number of nitrogens with one attached hydrogen (secondary N) is 2. The minimum Gasteiger partial charge on any atom is -0.348 e. The third kappa shape index (κ3) is 6.40. The average Bonchev–Trinajstić information content (AvgIpc) is 2.92. The van der Waals surface area contributed by atoms with Gasteiger partial charge in [0.05, 0.1) is 21.8 Å². The number of carbonyl (C=O) groups is 2. The number of halogens is 1. The maximum atomic E-state index is 13.6. The number of aryl methyl sites for hydroxylation is 1. The summed E-state index contributed by atoms with van der Waals surface area (Å²) in [5.41, 5.74) is 2.21. The first-order valence-electron chi connectivity index (χ1n) is 11.6. The van der Waals surface area contributed by atoms with E-state index in [1.807, 2.05) is 13.0 Å². The standard InChI is InChI=1S/C28H25FN4O4S/c1-20-8-14-24(15-9-20)38(36,37)33(23-12-10-22(29)11-13-23)19-27(34)32-26-7-3-2-6-25(26)28(35)31-18-21-5-4-16-30-17-21/h2-17H,18-19H2,1H3,(H,31,35)(H,32,34). The summed E-state index contributed by atoms with van der Waals surface area (Å²) < 4.78 is 41.5. The normalized spacial score (nSPS) is 11.0. The van der Waals surface area contributed by atoms with Crippen molar-refractivity contribution in [1.29, 1.82) is 0 Å². The second-order valence-corrected chi connectivity index (χ2v) is 10.3. The van der Waals surface area contributed by atoms with E-state index < -0.39 is 34.2 Å². The molecule has 0 saturated carbocycles. The fourth-order valence-electron chi connectivity index (χ4n) is 3.65. The number of amides is 2. The summed E-state index contributed by atoms with van der Waals surface area (Å²) in [5.74, 6) is -1.65. The summed E-state index contributed by atoms with van der Waals surface area (Å²) in [4.78, 5) is 30.0. The highest BCUT2D eigenvalue weighted by molar-refractivity contribution is 7.92. The Labute approximate surface area is 220 Å². The summed E-state index contributed by atoms with van der Waals surface area (Å²) in [7, 11) is -4.17. The van der Waals surface area contributed by atoms with Crippen LogP contribution in [0.1, 0.15) is 21.5 Å². The lowest BCUT2D eigenvalue weighted by atomic mass is 10.1. The zero-order valence-electron chi connectivity index (χ0n) is 20.5. The molecule has 1 heterocycles. The van der Waals surface area contributed by atoms with Crippen molar-refractivity contribution < 1.29 is 22.4 Å². The molecular weight excluding hydrogens is 507 g/mol. The van der Waals surface area contributed by atoms with E-state index >= 15 is 0 Å². The molecule has 0 aliphatic rings. The lowest BCUT2D eigenvalue weighted by Gasteiger charge is -2.24. The van der Waals surface area contributed by atoms with Gasteiger partial charge in [0.25, 0.3) is 15.9 Å². The Bertz CT molecular complexity index is 1530. The lowest BCUT2D eigenvalue weighted by Crippen LogP contribution is -2.38. The Morgan fingerprint density at radius 3 is 2.32 bits per heavy atom. The molecule has 0 radical (unpaired) electrons. The number of anilines is 2. The predicted molar refractivity (Wildman–Crippen MR) is 143 cm³/mol. The minimum absolute atomic E-state index is 0.0181. The molecule has 2 amide bonds. The minimum atomic E-state index is -4.17. The van der Waals surface area contributed by atoms with E-state index in [9.17, 15) is 22.4 Å². The smallest absolute Gasteiger partial charge is 0.264 e. The number of benzene rings is 3. The first-order valence-corrected chi connectivity index (χ1v) is 13.1. The van der Waals surface area contributed by atoms with E-state index in [2.05, 4.69) is 15.6 Å². The van der Waals surface area contributed by atoms with Crippen molar-refractivity contribution in [3.63, 3.8) is 0 Å². The van der Waals surface area contributed by atoms with Crippen LogP contribution in [0.4, 0.5) is 15.8 Å². The molecule has 0 fully saturated rings. The Hall–Kier alpha value is -4.57. The number of rotatable bonds is 9. The third-order valence-electron chi connectivity index (χ3n) is 5.63. The number of carbonyl (C=O) groups excluding carboxylic acids is 2. The molecule has 3 aromatic carbocycles. The van der Waals surface area contributed by atoms with Gasteiger partial charge in [-0.25, -0.2) is 12.8 Å². The second kappa shape index (κ2) is 11.7. The number of hydrogen-bond acceptors (Lipinski definition) is 5. The van der Waals surface area contributed by atoms with Crippen LogP contribution in [0.25, 0.3) is 0 Å². The molecule has 8 nitrogen and oxygen atoms in total. The molecule has 0 atom stereocenters. The van der Waals surface area contributed by atoms with Crippen LogP contribution in [-0.2, 0) is 21.4 Å². The van der Waals surface area contributed by atoms with Crippen LogP contribution in [-0.4, -0.2) is 31.8 Å². The van der Waals surface area contributed by atoms with Gasteiger partial charge in [0, 0.05) is 18.9 Å². The molecule has 194 valence electrons. The van der Waals surface area contributed by atoms with Crippen LogP contribution in [0, 0.1) is 12.7 Å². The van der Waals surface area contributed by atoms with Crippen LogP contribution >= 0.6 is 0 Å². The highest BCUT2D eigenvalue weighted by atomic mass is 32.2.